The molecule has 0 saturated carbocycles. The highest BCUT2D eigenvalue weighted by Crippen LogP contribution is 2.22. The number of ether oxygens (including phenoxy) is 6. The number of hydrogen-bond donors (Lipinski definition) is 1. The van der Waals surface area contributed by atoms with Crippen LogP contribution in [0.25, 0.3) is 0 Å². The number of carbonyl (C=O) groups excluding carboxylic acids is 6. The van der Waals surface area contributed by atoms with Crippen molar-refractivity contribution < 1.29 is 62.3 Å². The van der Waals surface area contributed by atoms with E-state index in [1.165, 1.54) is 20.8 Å². The van der Waals surface area contributed by atoms with Gasteiger partial charge in [0.25, 0.3) is 0 Å². The SMILES string of the molecule is CCOC(=O)CC(C)OC(=O)CC(O)(CC(=O)OC(C)CC(=O)OCC)C(=O)OC(C)CC(=O)OCC. The lowest BCUT2D eigenvalue weighted by molar-refractivity contribution is -0.184. The monoisotopic (exact) mass is 534 g/mol. The quantitative estimate of drug-likeness (QED) is 0.208. The Morgan fingerprint density at radius 2 is 0.865 bits per heavy atom. The number of aliphatic hydroxyl groups is 1. The van der Waals surface area contributed by atoms with Gasteiger partial charge < -0.3 is 33.5 Å². The van der Waals surface area contributed by atoms with Crippen LogP contribution in [0.15, 0.2) is 0 Å². The molecule has 0 aromatic heterocycles. The van der Waals surface area contributed by atoms with Crippen LogP contribution in [-0.4, -0.2) is 84.7 Å². The van der Waals surface area contributed by atoms with Crippen LogP contribution in [0.4, 0.5) is 0 Å². The molecule has 13 heteroatoms. The van der Waals surface area contributed by atoms with Gasteiger partial charge in [0.05, 0.1) is 51.9 Å². The first-order valence-corrected chi connectivity index (χ1v) is 12.0. The molecule has 0 aromatic carbocycles. The number of carbonyl (C=O) groups is 6. The van der Waals surface area contributed by atoms with E-state index in [1.54, 1.807) is 20.8 Å². The van der Waals surface area contributed by atoms with E-state index in [4.69, 9.17) is 28.4 Å². The van der Waals surface area contributed by atoms with Crippen LogP contribution >= 0.6 is 0 Å². The maximum Gasteiger partial charge on any atom is 0.339 e. The van der Waals surface area contributed by atoms with Crippen LogP contribution in [0.2, 0.25) is 0 Å². The van der Waals surface area contributed by atoms with Gasteiger partial charge in [0.1, 0.15) is 18.3 Å². The minimum Gasteiger partial charge on any atom is -0.466 e. The highest BCUT2D eigenvalue weighted by atomic mass is 16.6. The number of rotatable bonds is 17. The highest BCUT2D eigenvalue weighted by molar-refractivity contribution is 5.90. The molecule has 3 unspecified atom stereocenters. The average molecular weight is 535 g/mol. The normalized spacial score (nSPS) is 14.7. The predicted octanol–water partition coefficient (Wildman–Crippen LogP) is 1.15. The molecule has 0 bridgehead atoms. The second kappa shape index (κ2) is 17.3. The lowest BCUT2D eigenvalue weighted by atomic mass is 9.95. The smallest absolute Gasteiger partial charge is 0.339 e. The van der Waals surface area contributed by atoms with Crippen molar-refractivity contribution in [3.63, 3.8) is 0 Å². The molecule has 0 aliphatic heterocycles. The fourth-order valence-corrected chi connectivity index (χ4v) is 3.00. The van der Waals surface area contributed by atoms with Gasteiger partial charge in [-0.2, -0.15) is 0 Å². The summed E-state index contributed by atoms with van der Waals surface area (Å²) in [6, 6.07) is 0. The van der Waals surface area contributed by atoms with E-state index in [1.807, 2.05) is 0 Å². The van der Waals surface area contributed by atoms with Gasteiger partial charge in [0.2, 0.25) is 0 Å². The molecule has 0 rings (SSSR count). The maximum atomic E-state index is 12.8. The zero-order valence-electron chi connectivity index (χ0n) is 22.2. The molecule has 0 aromatic rings. The van der Waals surface area contributed by atoms with Crippen LogP contribution in [0.5, 0.6) is 0 Å². The van der Waals surface area contributed by atoms with Crippen LogP contribution in [0.3, 0.4) is 0 Å². The van der Waals surface area contributed by atoms with Crippen molar-refractivity contribution in [1.82, 2.24) is 0 Å². The fourth-order valence-electron chi connectivity index (χ4n) is 3.00. The second-order valence-electron chi connectivity index (χ2n) is 8.23. The van der Waals surface area contributed by atoms with Gasteiger partial charge in [-0.1, -0.05) is 0 Å². The predicted molar refractivity (Wildman–Crippen MR) is 125 cm³/mol. The van der Waals surface area contributed by atoms with Crippen LogP contribution in [-0.2, 0) is 57.2 Å². The molecule has 0 aliphatic carbocycles. The van der Waals surface area contributed by atoms with Gasteiger partial charge >= 0.3 is 35.8 Å². The summed E-state index contributed by atoms with van der Waals surface area (Å²) in [6.45, 7) is 9.33. The van der Waals surface area contributed by atoms with Gasteiger partial charge in [0.15, 0.2) is 5.60 Å². The van der Waals surface area contributed by atoms with E-state index >= 15 is 0 Å². The molecule has 37 heavy (non-hydrogen) atoms. The minimum atomic E-state index is -2.73. The standard InChI is InChI=1S/C24H38O13/c1-7-32-18(25)10-15(4)35-21(28)13-24(31,23(30)37-17(6)12-20(27)34-9-3)14-22(29)36-16(5)11-19(26)33-8-2/h15-17,31H,7-14H2,1-6H3. The Hall–Kier alpha value is -3.22. The first-order chi connectivity index (χ1) is 17.3. The third-order valence-electron chi connectivity index (χ3n) is 4.51. The third-order valence-corrected chi connectivity index (χ3v) is 4.51. The van der Waals surface area contributed by atoms with Crippen LogP contribution in [0.1, 0.15) is 73.6 Å². The van der Waals surface area contributed by atoms with E-state index in [0.29, 0.717) is 0 Å². The summed E-state index contributed by atoms with van der Waals surface area (Å²) in [5.41, 5.74) is -2.73. The molecule has 3 atom stereocenters. The molecule has 0 spiro atoms. The van der Waals surface area contributed by atoms with E-state index in [0.717, 1.165) is 0 Å². The summed E-state index contributed by atoms with van der Waals surface area (Å²) in [5.74, 6) is -5.50. The Bertz CT molecular complexity index is 750. The van der Waals surface area contributed by atoms with Gasteiger partial charge in [-0.3, -0.25) is 24.0 Å². The molecule has 212 valence electrons. The molecule has 13 nitrogen and oxygen atoms in total. The Kier molecular flexibility index (Phi) is 15.8. The zero-order valence-corrected chi connectivity index (χ0v) is 22.2. The first kappa shape index (κ1) is 33.8. The molecule has 0 heterocycles. The van der Waals surface area contributed by atoms with Crippen molar-refractivity contribution in [3.05, 3.63) is 0 Å². The van der Waals surface area contributed by atoms with Crippen molar-refractivity contribution in [2.45, 2.75) is 97.6 Å². The molecule has 0 radical (unpaired) electrons. The van der Waals surface area contributed by atoms with Crippen LogP contribution in [0, 0.1) is 0 Å². The molecule has 0 aliphatic rings. The lowest BCUT2D eigenvalue weighted by Crippen LogP contribution is -2.46. The van der Waals surface area contributed by atoms with Crippen molar-refractivity contribution in [2.24, 2.45) is 0 Å². The van der Waals surface area contributed by atoms with Gasteiger partial charge in [0, 0.05) is 0 Å². The lowest BCUT2D eigenvalue weighted by Gasteiger charge is -2.27. The summed E-state index contributed by atoms with van der Waals surface area (Å²) in [5, 5.41) is 11.0. The maximum absolute atomic E-state index is 12.8. The molecule has 0 fully saturated rings. The van der Waals surface area contributed by atoms with Crippen molar-refractivity contribution >= 4 is 35.8 Å². The second-order valence-corrected chi connectivity index (χ2v) is 8.23. The Balaban J connectivity index is 5.44. The van der Waals surface area contributed by atoms with E-state index in [-0.39, 0.29) is 39.1 Å². The number of hydrogen-bond acceptors (Lipinski definition) is 13. The van der Waals surface area contributed by atoms with Gasteiger partial charge in [-0.15, -0.1) is 0 Å². The van der Waals surface area contributed by atoms with Crippen molar-refractivity contribution in [2.75, 3.05) is 19.8 Å². The molecule has 0 amide bonds. The zero-order chi connectivity index (χ0) is 28.6. The molecular formula is C24H38O13. The minimum absolute atomic E-state index is 0.106. The summed E-state index contributed by atoms with van der Waals surface area (Å²) in [4.78, 5) is 72.5. The average Bonchev–Trinajstić information content (AvgIpc) is 2.72. The van der Waals surface area contributed by atoms with E-state index < -0.39 is 72.6 Å². The Morgan fingerprint density at radius 1 is 0.568 bits per heavy atom. The molecule has 0 saturated heterocycles. The largest absolute Gasteiger partial charge is 0.466 e. The van der Waals surface area contributed by atoms with Crippen molar-refractivity contribution in [1.29, 1.82) is 0 Å². The summed E-state index contributed by atoms with van der Waals surface area (Å²) < 4.78 is 29.5. The summed E-state index contributed by atoms with van der Waals surface area (Å²) in [6.07, 6.45) is -5.89. The van der Waals surface area contributed by atoms with E-state index in [2.05, 4.69) is 0 Å². The summed E-state index contributed by atoms with van der Waals surface area (Å²) in [7, 11) is 0. The molecular weight excluding hydrogens is 496 g/mol. The third kappa shape index (κ3) is 14.8. The highest BCUT2D eigenvalue weighted by Gasteiger charge is 2.44. The van der Waals surface area contributed by atoms with Gasteiger partial charge in [-0.05, 0) is 41.5 Å². The van der Waals surface area contributed by atoms with E-state index in [9.17, 15) is 33.9 Å². The van der Waals surface area contributed by atoms with Crippen molar-refractivity contribution in [3.8, 4) is 0 Å². The number of esters is 6. The topological polar surface area (TPSA) is 178 Å². The Labute approximate surface area is 216 Å². The fraction of sp³-hybridized carbons (Fsp3) is 0.750. The first-order valence-electron chi connectivity index (χ1n) is 12.0. The Morgan fingerprint density at radius 3 is 1.16 bits per heavy atom. The van der Waals surface area contributed by atoms with Crippen LogP contribution < -0.4 is 0 Å². The van der Waals surface area contributed by atoms with Gasteiger partial charge in [-0.25, -0.2) is 4.79 Å². The summed E-state index contributed by atoms with van der Waals surface area (Å²) >= 11 is 0. The molecule has 1 N–H and O–H groups in total.